The zero-order valence-corrected chi connectivity index (χ0v) is 11.9. The second-order valence-electron chi connectivity index (χ2n) is 4.30. The highest BCUT2D eigenvalue weighted by Gasteiger charge is 2.10. The normalized spacial score (nSPS) is 9.82. The lowest BCUT2D eigenvalue weighted by molar-refractivity contribution is -0.124. The SMILES string of the molecule is O=C(COC(=O)c1ccccn1)NCCOc1ccccc1. The van der Waals surface area contributed by atoms with Crippen LogP contribution in [0.4, 0.5) is 0 Å². The molecular weight excluding hydrogens is 284 g/mol. The van der Waals surface area contributed by atoms with Gasteiger partial charge in [-0.05, 0) is 24.3 Å². The Bertz CT molecular complexity index is 602. The fourth-order valence-electron chi connectivity index (χ4n) is 1.62. The molecule has 2 rings (SSSR count). The highest BCUT2D eigenvalue weighted by Crippen LogP contribution is 2.07. The van der Waals surface area contributed by atoms with E-state index < -0.39 is 5.97 Å². The molecule has 0 aliphatic carbocycles. The number of para-hydroxylation sites is 1. The van der Waals surface area contributed by atoms with Gasteiger partial charge in [-0.15, -0.1) is 0 Å². The van der Waals surface area contributed by atoms with Gasteiger partial charge in [0, 0.05) is 6.20 Å². The molecule has 1 aromatic heterocycles. The Hall–Kier alpha value is -2.89. The van der Waals surface area contributed by atoms with E-state index in [-0.39, 0.29) is 18.2 Å². The van der Waals surface area contributed by atoms with E-state index in [0.29, 0.717) is 13.2 Å². The minimum absolute atomic E-state index is 0.169. The lowest BCUT2D eigenvalue weighted by Gasteiger charge is -2.08. The summed E-state index contributed by atoms with van der Waals surface area (Å²) in [7, 11) is 0. The fourth-order valence-corrected chi connectivity index (χ4v) is 1.62. The smallest absolute Gasteiger partial charge is 0.357 e. The summed E-state index contributed by atoms with van der Waals surface area (Å²) in [5.74, 6) is -0.282. The van der Waals surface area contributed by atoms with Crippen LogP contribution in [-0.4, -0.2) is 36.6 Å². The van der Waals surface area contributed by atoms with Gasteiger partial charge >= 0.3 is 5.97 Å². The first-order chi connectivity index (χ1) is 10.8. The third kappa shape index (κ3) is 5.24. The number of carbonyl (C=O) groups excluding carboxylic acids is 2. The molecular formula is C16H16N2O4. The number of rotatable bonds is 7. The lowest BCUT2D eigenvalue weighted by atomic mass is 10.3. The predicted octanol–water partition coefficient (Wildman–Crippen LogP) is 1.43. The fraction of sp³-hybridized carbons (Fsp3) is 0.188. The minimum atomic E-state index is -0.628. The molecule has 0 radical (unpaired) electrons. The minimum Gasteiger partial charge on any atom is -0.492 e. The van der Waals surface area contributed by atoms with Crippen LogP contribution in [-0.2, 0) is 9.53 Å². The van der Waals surface area contributed by atoms with Crippen molar-refractivity contribution in [2.24, 2.45) is 0 Å². The molecule has 0 fully saturated rings. The van der Waals surface area contributed by atoms with E-state index in [1.54, 1.807) is 12.1 Å². The second kappa shape index (κ2) is 8.41. The van der Waals surface area contributed by atoms with E-state index in [4.69, 9.17) is 9.47 Å². The monoisotopic (exact) mass is 300 g/mol. The molecule has 0 spiro atoms. The molecule has 2 aromatic rings. The maximum atomic E-state index is 11.6. The zero-order valence-electron chi connectivity index (χ0n) is 11.9. The summed E-state index contributed by atoms with van der Waals surface area (Å²) in [5.41, 5.74) is 0.169. The number of amides is 1. The van der Waals surface area contributed by atoms with Crippen molar-refractivity contribution in [1.29, 1.82) is 0 Å². The van der Waals surface area contributed by atoms with Crippen molar-refractivity contribution >= 4 is 11.9 Å². The van der Waals surface area contributed by atoms with Crippen molar-refractivity contribution in [2.75, 3.05) is 19.8 Å². The lowest BCUT2D eigenvalue weighted by Crippen LogP contribution is -2.32. The van der Waals surface area contributed by atoms with Crippen molar-refractivity contribution in [1.82, 2.24) is 10.3 Å². The first kappa shape index (κ1) is 15.5. The van der Waals surface area contributed by atoms with Crippen LogP contribution in [0.3, 0.4) is 0 Å². The van der Waals surface area contributed by atoms with Crippen LogP contribution in [0, 0.1) is 0 Å². The first-order valence-corrected chi connectivity index (χ1v) is 6.78. The molecule has 0 saturated carbocycles. The van der Waals surface area contributed by atoms with Gasteiger partial charge in [-0.1, -0.05) is 24.3 Å². The first-order valence-electron chi connectivity index (χ1n) is 6.78. The molecule has 6 nitrogen and oxygen atoms in total. The Morgan fingerprint density at radius 3 is 2.55 bits per heavy atom. The predicted molar refractivity (Wildman–Crippen MR) is 79.5 cm³/mol. The average Bonchev–Trinajstić information content (AvgIpc) is 2.58. The summed E-state index contributed by atoms with van der Waals surface area (Å²) in [6, 6.07) is 14.2. The Kier molecular flexibility index (Phi) is 5.92. The number of hydrogen-bond donors (Lipinski definition) is 1. The van der Waals surface area contributed by atoms with Crippen LogP contribution in [0.15, 0.2) is 54.7 Å². The Balaban J connectivity index is 1.61. The third-order valence-electron chi connectivity index (χ3n) is 2.64. The number of nitrogens with one attached hydrogen (secondary N) is 1. The number of esters is 1. The van der Waals surface area contributed by atoms with Crippen LogP contribution in [0.25, 0.3) is 0 Å². The molecule has 1 heterocycles. The Morgan fingerprint density at radius 1 is 1.05 bits per heavy atom. The van der Waals surface area contributed by atoms with Gasteiger partial charge in [0.2, 0.25) is 0 Å². The van der Waals surface area contributed by atoms with Gasteiger partial charge in [-0.25, -0.2) is 9.78 Å². The van der Waals surface area contributed by atoms with E-state index in [1.165, 1.54) is 12.3 Å². The van der Waals surface area contributed by atoms with Gasteiger partial charge in [-0.2, -0.15) is 0 Å². The summed E-state index contributed by atoms with van der Waals surface area (Å²) in [6.07, 6.45) is 1.48. The molecule has 0 saturated heterocycles. The van der Waals surface area contributed by atoms with Crippen molar-refractivity contribution in [3.05, 3.63) is 60.4 Å². The maximum absolute atomic E-state index is 11.6. The van der Waals surface area contributed by atoms with E-state index >= 15 is 0 Å². The Labute approximate surface area is 128 Å². The van der Waals surface area contributed by atoms with Gasteiger partial charge in [0.15, 0.2) is 6.61 Å². The van der Waals surface area contributed by atoms with Gasteiger partial charge in [-0.3, -0.25) is 4.79 Å². The highest BCUT2D eigenvalue weighted by molar-refractivity contribution is 5.89. The van der Waals surface area contributed by atoms with Crippen molar-refractivity contribution in [3.8, 4) is 5.75 Å². The molecule has 1 amide bonds. The molecule has 22 heavy (non-hydrogen) atoms. The number of pyridine rings is 1. The Morgan fingerprint density at radius 2 is 1.82 bits per heavy atom. The van der Waals surface area contributed by atoms with Crippen LogP contribution in [0.1, 0.15) is 10.5 Å². The summed E-state index contributed by atoms with van der Waals surface area (Å²) in [5, 5.41) is 2.60. The van der Waals surface area contributed by atoms with Gasteiger partial charge < -0.3 is 14.8 Å². The molecule has 0 aliphatic heterocycles. The number of carbonyl (C=O) groups is 2. The molecule has 0 aliphatic rings. The van der Waals surface area contributed by atoms with Gasteiger partial charge in [0.05, 0.1) is 6.54 Å². The zero-order chi connectivity index (χ0) is 15.6. The topological polar surface area (TPSA) is 77.5 Å². The van der Waals surface area contributed by atoms with Crippen molar-refractivity contribution in [2.45, 2.75) is 0 Å². The summed E-state index contributed by atoms with van der Waals surface area (Å²) in [4.78, 5) is 26.9. The number of ether oxygens (including phenoxy) is 2. The third-order valence-corrected chi connectivity index (χ3v) is 2.64. The molecule has 114 valence electrons. The average molecular weight is 300 g/mol. The van der Waals surface area contributed by atoms with Gasteiger partial charge in [0.1, 0.15) is 18.1 Å². The molecule has 1 aromatic carbocycles. The van der Waals surface area contributed by atoms with Crippen LogP contribution in [0.2, 0.25) is 0 Å². The van der Waals surface area contributed by atoms with E-state index in [0.717, 1.165) is 5.75 Å². The van der Waals surface area contributed by atoms with Crippen molar-refractivity contribution in [3.63, 3.8) is 0 Å². The molecule has 0 bridgehead atoms. The van der Waals surface area contributed by atoms with E-state index in [2.05, 4.69) is 10.3 Å². The second-order valence-corrected chi connectivity index (χ2v) is 4.30. The van der Waals surface area contributed by atoms with E-state index in [1.807, 2.05) is 30.3 Å². The summed E-state index contributed by atoms with van der Waals surface area (Å²) >= 11 is 0. The molecule has 0 unspecified atom stereocenters. The maximum Gasteiger partial charge on any atom is 0.357 e. The van der Waals surface area contributed by atoms with Crippen LogP contribution < -0.4 is 10.1 Å². The highest BCUT2D eigenvalue weighted by atomic mass is 16.5. The summed E-state index contributed by atoms with van der Waals surface area (Å²) < 4.78 is 10.3. The van der Waals surface area contributed by atoms with Crippen LogP contribution in [0.5, 0.6) is 5.75 Å². The molecule has 1 N–H and O–H groups in total. The number of nitrogens with zero attached hydrogens (tertiary/aromatic N) is 1. The number of aromatic nitrogens is 1. The molecule has 6 heteroatoms. The number of hydrogen-bond acceptors (Lipinski definition) is 5. The van der Waals surface area contributed by atoms with Crippen molar-refractivity contribution < 1.29 is 19.1 Å². The standard InChI is InChI=1S/C16H16N2O4/c19-15(12-22-16(20)14-8-4-5-9-17-14)18-10-11-21-13-6-2-1-3-7-13/h1-9H,10-12H2,(H,18,19). The van der Waals surface area contributed by atoms with E-state index in [9.17, 15) is 9.59 Å². The largest absolute Gasteiger partial charge is 0.492 e. The molecule has 0 atom stereocenters. The number of benzene rings is 1. The summed E-state index contributed by atoms with van der Waals surface area (Å²) in [6.45, 7) is 0.319. The van der Waals surface area contributed by atoms with Crippen LogP contribution >= 0.6 is 0 Å². The quantitative estimate of drug-likeness (QED) is 0.618. The van der Waals surface area contributed by atoms with Gasteiger partial charge in [0.25, 0.3) is 5.91 Å².